The van der Waals surface area contributed by atoms with Crippen LogP contribution in [0.3, 0.4) is 0 Å². The van der Waals surface area contributed by atoms with Crippen LogP contribution in [0.25, 0.3) is 6.08 Å². The molecular weight excluding hydrogens is 380 g/mol. The van der Waals surface area contributed by atoms with Crippen molar-refractivity contribution in [3.05, 3.63) is 100 Å². The van der Waals surface area contributed by atoms with Gasteiger partial charge < -0.3 is 14.2 Å². The number of hydrogen-bond donors (Lipinski definition) is 0. The van der Waals surface area contributed by atoms with Crippen molar-refractivity contribution in [2.45, 2.75) is 13.5 Å². The molecule has 3 aromatic carbocycles. The zero-order valence-corrected chi connectivity index (χ0v) is 16.7. The Kier molecular flexibility index (Phi) is 5.35. The molecule has 0 saturated carbocycles. The third-order valence-electron chi connectivity index (χ3n) is 4.80. The largest absolute Gasteiger partial charge is 0.489 e. The summed E-state index contributed by atoms with van der Waals surface area (Å²) in [6, 6.07) is 20.1. The van der Waals surface area contributed by atoms with Gasteiger partial charge in [-0.3, -0.25) is 4.79 Å². The van der Waals surface area contributed by atoms with Crippen LogP contribution in [-0.2, 0) is 11.3 Å². The number of carbonyl (C=O) groups excluding carboxylic acids is 2. The quantitative estimate of drug-likeness (QED) is 0.447. The smallest absolute Gasteiger partial charge is 0.337 e. The predicted octanol–water partition coefficient (Wildman–Crippen LogP) is 4.98. The highest BCUT2D eigenvalue weighted by Crippen LogP contribution is 2.35. The summed E-state index contributed by atoms with van der Waals surface area (Å²) in [7, 11) is 1.33. The molecule has 150 valence electrons. The van der Waals surface area contributed by atoms with E-state index in [1.807, 2.05) is 31.2 Å². The van der Waals surface area contributed by atoms with Crippen LogP contribution in [0.2, 0.25) is 0 Å². The van der Waals surface area contributed by atoms with E-state index in [0.717, 1.165) is 11.1 Å². The van der Waals surface area contributed by atoms with E-state index >= 15 is 0 Å². The van der Waals surface area contributed by atoms with Gasteiger partial charge in [0, 0.05) is 6.07 Å². The van der Waals surface area contributed by atoms with Crippen LogP contribution in [0, 0.1) is 6.92 Å². The Balaban J connectivity index is 1.47. The van der Waals surface area contributed by atoms with E-state index in [9.17, 15) is 9.59 Å². The van der Waals surface area contributed by atoms with Crippen molar-refractivity contribution in [3.63, 3.8) is 0 Å². The number of carbonyl (C=O) groups is 2. The minimum atomic E-state index is -0.409. The summed E-state index contributed by atoms with van der Waals surface area (Å²) in [6.07, 6.45) is 1.65. The molecule has 1 aliphatic rings. The number of allylic oxidation sites excluding steroid dienone is 1. The number of esters is 1. The van der Waals surface area contributed by atoms with Crippen LogP contribution in [0.1, 0.15) is 37.4 Å². The number of benzene rings is 3. The molecule has 5 heteroatoms. The van der Waals surface area contributed by atoms with Crippen LogP contribution in [0.4, 0.5) is 0 Å². The van der Waals surface area contributed by atoms with Crippen LogP contribution in [-0.4, -0.2) is 18.9 Å². The van der Waals surface area contributed by atoms with Gasteiger partial charge in [0.1, 0.15) is 18.1 Å². The Morgan fingerprint density at radius 3 is 2.43 bits per heavy atom. The number of methoxy groups -OCH3 is 1. The fraction of sp³-hybridized carbons (Fsp3) is 0.120. The van der Waals surface area contributed by atoms with Gasteiger partial charge in [-0.05, 0) is 48.4 Å². The minimum absolute atomic E-state index is 0.188. The third kappa shape index (κ3) is 4.10. The molecule has 1 heterocycles. The predicted molar refractivity (Wildman–Crippen MR) is 113 cm³/mol. The first kappa shape index (κ1) is 19.5. The molecule has 0 N–H and O–H groups in total. The number of aryl methyl sites for hydroxylation is 1. The topological polar surface area (TPSA) is 61.8 Å². The maximum atomic E-state index is 12.6. The normalized spacial score (nSPS) is 13.7. The second-order valence-corrected chi connectivity index (χ2v) is 6.99. The molecule has 0 radical (unpaired) electrons. The van der Waals surface area contributed by atoms with E-state index in [4.69, 9.17) is 9.47 Å². The van der Waals surface area contributed by atoms with Crippen LogP contribution >= 0.6 is 0 Å². The molecular formula is C25H20O5. The van der Waals surface area contributed by atoms with E-state index in [-0.39, 0.29) is 11.5 Å². The van der Waals surface area contributed by atoms with Gasteiger partial charge in [0.25, 0.3) is 0 Å². The molecule has 0 unspecified atom stereocenters. The summed E-state index contributed by atoms with van der Waals surface area (Å²) in [6.45, 7) is 2.47. The van der Waals surface area contributed by atoms with Gasteiger partial charge in [0.05, 0.1) is 18.2 Å². The second kappa shape index (κ2) is 8.25. The first-order valence-electron chi connectivity index (χ1n) is 9.48. The Hall–Kier alpha value is -3.86. The number of fused-ring (bicyclic) bond motifs is 1. The third-order valence-corrected chi connectivity index (χ3v) is 4.80. The molecule has 5 nitrogen and oxygen atoms in total. The summed E-state index contributed by atoms with van der Waals surface area (Å²) >= 11 is 0. The summed E-state index contributed by atoms with van der Waals surface area (Å²) in [5.41, 5.74) is 3.94. The Bertz CT molecular complexity index is 1130. The first-order valence-corrected chi connectivity index (χ1v) is 9.48. The lowest BCUT2D eigenvalue weighted by molar-refractivity contribution is 0.0600. The lowest BCUT2D eigenvalue weighted by atomic mass is 10.1. The van der Waals surface area contributed by atoms with Crippen molar-refractivity contribution in [1.82, 2.24) is 0 Å². The van der Waals surface area contributed by atoms with Gasteiger partial charge in [0.2, 0.25) is 5.78 Å². The average Bonchev–Trinajstić information content (AvgIpc) is 3.08. The van der Waals surface area contributed by atoms with Gasteiger partial charge in [0.15, 0.2) is 5.76 Å². The number of ketones is 1. The Morgan fingerprint density at radius 2 is 1.73 bits per heavy atom. The molecule has 0 fully saturated rings. The molecule has 0 saturated heterocycles. The molecule has 1 aliphatic heterocycles. The van der Waals surface area contributed by atoms with E-state index in [1.165, 1.54) is 12.7 Å². The average molecular weight is 400 g/mol. The van der Waals surface area contributed by atoms with Gasteiger partial charge in [-0.15, -0.1) is 0 Å². The van der Waals surface area contributed by atoms with E-state index in [1.54, 1.807) is 48.5 Å². The van der Waals surface area contributed by atoms with Gasteiger partial charge in [-0.2, -0.15) is 0 Å². The molecule has 3 aromatic rings. The zero-order valence-electron chi connectivity index (χ0n) is 16.7. The highest BCUT2D eigenvalue weighted by Gasteiger charge is 2.27. The van der Waals surface area contributed by atoms with Gasteiger partial charge in [-0.25, -0.2) is 4.79 Å². The van der Waals surface area contributed by atoms with E-state index in [0.29, 0.717) is 29.2 Å². The molecule has 0 amide bonds. The Labute approximate surface area is 174 Å². The van der Waals surface area contributed by atoms with Crippen molar-refractivity contribution < 1.29 is 23.8 Å². The highest BCUT2D eigenvalue weighted by atomic mass is 16.5. The molecule has 0 aromatic heterocycles. The monoisotopic (exact) mass is 400 g/mol. The van der Waals surface area contributed by atoms with Crippen LogP contribution < -0.4 is 9.47 Å². The second-order valence-electron chi connectivity index (χ2n) is 6.99. The molecule has 4 rings (SSSR count). The summed E-state index contributed by atoms with van der Waals surface area (Å²) < 4.78 is 16.3. The van der Waals surface area contributed by atoms with E-state index < -0.39 is 5.97 Å². The van der Waals surface area contributed by atoms with Crippen molar-refractivity contribution in [3.8, 4) is 11.5 Å². The van der Waals surface area contributed by atoms with Crippen LogP contribution in [0.5, 0.6) is 11.5 Å². The Morgan fingerprint density at radius 1 is 1.00 bits per heavy atom. The zero-order chi connectivity index (χ0) is 21.1. The minimum Gasteiger partial charge on any atom is -0.489 e. The number of hydrogen-bond acceptors (Lipinski definition) is 5. The number of ether oxygens (including phenoxy) is 3. The molecule has 0 aliphatic carbocycles. The van der Waals surface area contributed by atoms with Crippen molar-refractivity contribution >= 4 is 17.8 Å². The highest BCUT2D eigenvalue weighted by molar-refractivity contribution is 6.14. The van der Waals surface area contributed by atoms with E-state index in [2.05, 4.69) is 4.74 Å². The standard InChI is InChI=1S/C25H20O5/c1-16-3-5-18(6-4-16)15-29-20-11-12-21-22(14-20)30-23(24(21)26)13-17-7-9-19(10-8-17)25(27)28-2/h3-14H,15H2,1-2H3/b23-13-. The van der Waals surface area contributed by atoms with Crippen molar-refractivity contribution in [2.24, 2.45) is 0 Å². The molecule has 30 heavy (non-hydrogen) atoms. The lowest BCUT2D eigenvalue weighted by Crippen LogP contribution is -2.01. The number of rotatable bonds is 5. The summed E-state index contributed by atoms with van der Waals surface area (Å²) in [4.78, 5) is 24.2. The number of Topliss-reactive ketones (excluding diaryl/α,β-unsaturated/α-hetero) is 1. The van der Waals surface area contributed by atoms with Gasteiger partial charge >= 0.3 is 5.97 Å². The van der Waals surface area contributed by atoms with Crippen LogP contribution in [0.15, 0.2) is 72.5 Å². The first-order chi connectivity index (χ1) is 14.5. The van der Waals surface area contributed by atoms with Crippen molar-refractivity contribution in [1.29, 1.82) is 0 Å². The SMILES string of the molecule is COC(=O)c1ccc(/C=C2\Oc3cc(OCc4ccc(C)cc4)ccc3C2=O)cc1. The fourth-order valence-corrected chi connectivity index (χ4v) is 3.09. The van der Waals surface area contributed by atoms with Crippen molar-refractivity contribution in [2.75, 3.05) is 7.11 Å². The molecule has 0 spiro atoms. The fourth-order valence-electron chi connectivity index (χ4n) is 3.09. The summed E-state index contributed by atoms with van der Waals surface area (Å²) in [5.74, 6) is 0.733. The summed E-state index contributed by atoms with van der Waals surface area (Å²) in [5, 5.41) is 0. The lowest BCUT2D eigenvalue weighted by Gasteiger charge is -2.07. The molecule has 0 bridgehead atoms. The molecule has 0 atom stereocenters. The maximum absolute atomic E-state index is 12.6. The maximum Gasteiger partial charge on any atom is 0.337 e. The van der Waals surface area contributed by atoms with Gasteiger partial charge in [-0.1, -0.05) is 42.0 Å².